The molecule has 0 aromatic heterocycles. The Balaban J connectivity index is 1.64. The maximum absolute atomic E-state index is 12.6. The molecule has 0 bridgehead atoms. The number of ether oxygens (including phenoxy) is 1. The minimum Gasteiger partial charge on any atom is -0.422 e. The van der Waals surface area contributed by atoms with Crippen LogP contribution in [0.4, 0.5) is 0 Å². The molecule has 1 N–H and O–H groups in total. The first-order valence-corrected chi connectivity index (χ1v) is 12.3. The van der Waals surface area contributed by atoms with E-state index in [1.54, 1.807) is 30.3 Å². The number of esters is 1. The standard InChI is InChI=1S/C28H31ClN2O3/c1-2-3-4-5-6-7-8-13-27(32)31-30-20-25-24-12-10-9-11-21(24)16-19-26(25)34-28(33)22-14-17-23(29)18-15-22/h9-12,14-20H,2-8,13H2,1H3,(H,31,32). The maximum atomic E-state index is 12.6. The molecule has 1 amide bonds. The van der Waals surface area contributed by atoms with E-state index < -0.39 is 5.97 Å². The van der Waals surface area contributed by atoms with Gasteiger partial charge in [0.2, 0.25) is 5.91 Å². The summed E-state index contributed by atoms with van der Waals surface area (Å²) in [5.41, 5.74) is 3.61. The highest BCUT2D eigenvalue weighted by molar-refractivity contribution is 6.30. The number of carbonyl (C=O) groups is 2. The van der Waals surface area contributed by atoms with Gasteiger partial charge in [-0.3, -0.25) is 4.79 Å². The summed E-state index contributed by atoms with van der Waals surface area (Å²) in [5.74, 6) is -0.252. The van der Waals surface area contributed by atoms with E-state index in [0.29, 0.717) is 28.3 Å². The van der Waals surface area contributed by atoms with Crippen molar-refractivity contribution in [1.82, 2.24) is 5.43 Å². The van der Waals surface area contributed by atoms with E-state index in [2.05, 4.69) is 17.5 Å². The van der Waals surface area contributed by atoms with Crippen LogP contribution in [0.2, 0.25) is 5.02 Å². The summed E-state index contributed by atoms with van der Waals surface area (Å²) in [7, 11) is 0. The summed E-state index contributed by atoms with van der Waals surface area (Å²) in [5, 5.41) is 6.54. The predicted molar refractivity (Wildman–Crippen MR) is 139 cm³/mol. The van der Waals surface area contributed by atoms with Gasteiger partial charge in [-0.25, -0.2) is 10.2 Å². The number of fused-ring (bicyclic) bond motifs is 1. The molecule has 34 heavy (non-hydrogen) atoms. The second-order valence-corrected chi connectivity index (χ2v) is 8.70. The largest absolute Gasteiger partial charge is 0.422 e. The molecule has 0 saturated carbocycles. The highest BCUT2D eigenvalue weighted by Crippen LogP contribution is 2.27. The monoisotopic (exact) mass is 478 g/mol. The minimum atomic E-state index is -0.496. The summed E-state index contributed by atoms with van der Waals surface area (Å²) in [6, 6.07) is 17.9. The molecule has 0 saturated heterocycles. The van der Waals surface area contributed by atoms with E-state index in [1.165, 1.54) is 31.9 Å². The SMILES string of the molecule is CCCCCCCCCC(=O)NN=Cc1c(OC(=O)c2ccc(Cl)cc2)ccc2ccccc12. The molecule has 0 spiro atoms. The van der Waals surface area contributed by atoms with Crippen LogP contribution in [0, 0.1) is 0 Å². The second-order valence-electron chi connectivity index (χ2n) is 8.26. The molecule has 0 atom stereocenters. The Morgan fingerprint density at radius 3 is 2.38 bits per heavy atom. The normalized spacial score (nSPS) is 11.1. The number of benzene rings is 3. The Labute approximate surface area is 206 Å². The first-order valence-electron chi connectivity index (χ1n) is 11.9. The molecule has 178 valence electrons. The first-order chi connectivity index (χ1) is 16.6. The van der Waals surface area contributed by atoms with Gasteiger partial charge < -0.3 is 4.74 Å². The lowest BCUT2D eigenvalue weighted by molar-refractivity contribution is -0.121. The Bertz CT molecular complexity index is 1130. The molecule has 0 heterocycles. The topological polar surface area (TPSA) is 67.8 Å². The van der Waals surface area contributed by atoms with Gasteiger partial charge in [0.15, 0.2) is 0 Å². The zero-order chi connectivity index (χ0) is 24.2. The van der Waals surface area contributed by atoms with Gasteiger partial charge in [0.05, 0.1) is 11.8 Å². The maximum Gasteiger partial charge on any atom is 0.343 e. The molecule has 0 fully saturated rings. The highest BCUT2D eigenvalue weighted by Gasteiger charge is 2.13. The number of hydrogen-bond donors (Lipinski definition) is 1. The molecule has 3 rings (SSSR count). The van der Waals surface area contributed by atoms with Crippen molar-refractivity contribution >= 4 is 40.5 Å². The predicted octanol–water partition coefficient (Wildman–Crippen LogP) is 7.30. The average Bonchev–Trinajstić information content (AvgIpc) is 2.85. The molecular formula is C28H31ClN2O3. The molecule has 0 radical (unpaired) electrons. The second kappa shape index (κ2) is 13.5. The third kappa shape index (κ3) is 7.70. The Kier molecular flexibility index (Phi) is 10.1. The summed E-state index contributed by atoms with van der Waals surface area (Å²) in [6.07, 6.45) is 10.1. The molecular weight excluding hydrogens is 448 g/mol. The molecule has 5 nitrogen and oxygen atoms in total. The fourth-order valence-corrected chi connectivity index (χ4v) is 3.84. The number of nitrogens with one attached hydrogen (secondary N) is 1. The number of nitrogens with zero attached hydrogens (tertiary/aromatic N) is 1. The van der Waals surface area contributed by atoms with Crippen LogP contribution in [0.15, 0.2) is 65.8 Å². The zero-order valence-corrected chi connectivity index (χ0v) is 20.3. The van der Waals surface area contributed by atoms with Crippen molar-refractivity contribution in [3.8, 4) is 5.75 Å². The molecule has 0 unspecified atom stereocenters. The van der Waals surface area contributed by atoms with Gasteiger partial charge in [-0.1, -0.05) is 87.4 Å². The minimum absolute atomic E-state index is 0.121. The van der Waals surface area contributed by atoms with Crippen LogP contribution in [0.25, 0.3) is 10.8 Å². The van der Waals surface area contributed by atoms with Crippen molar-refractivity contribution in [2.24, 2.45) is 5.10 Å². The van der Waals surface area contributed by atoms with Crippen molar-refractivity contribution in [3.63, 3.8) is 0 Å². The lowest BCUT2D eigenvalue weighted by Crippen LogP contribution is -2.17. The quantitative estimate of drug-likeness (QED) is 0.0975. The fourth-order valence-electron chi connectivity index (χ4n) is 3.71. The number of unbranched alkanes of at least 4 members (excludes halogenated alkanes) is 6. The van der Waals surface area contributed by atoms with Crippen LogP contribution < -0.4 is 10.2 Å². The van der Waals surface area contributed by atoms with Crippen LogP contribution in [0.5, 0.6) is 5.75 Å². The Hall–Kier alpha value is -3.18. The van der Waals surface area contributed by atoms with Crippen LogP contribution >= 0.6 is 11.6 Å². The highest BCUT2D eigenvalue weighted by atomic mass is 35.5. The van der Waals surface area contributed by atoms with Gasteiger partial charge >= 0.3 is 5.97 Å². The van der Waals surface area contributed by atoms with Crippen molar-refractivity contribution < 1.29 is 14.3 Å². The third-order valence-electron chi connectivity index (χ3n) is 5.60. The van der Waals surface area contributed by atoms with Crippen LogP contribution in [-0.2, 0) is 4.79 Å². The van der Waals surface area contributed by atoms with E-state index in [4.69, 9.17) is 16.3 Å². The smallest absolute Gasteiger partial charge is 0.343 e. The number of hydrogen-bond acceptors (Lipinski definition) is 4. The summed E-state index contributed by atoms with van der Waals surface area (Å²) in [4.78, 5) is 24.8. The third-order valence-corrected chi connectivity index (χ3v) is 5.86. The first kappa shape index (κ1) is 25.4. The van der Waals surface area contributed by atoms with E-state index in [1.807, 2.05) is 30.3 Å². The molecule has 3 aromatic rings. The van der Waals surface area contributed by atoms with Crippen LogP contribution in [0.1, 0.15) is 74.2 Å². The lowest BCUT2D eigenvalue weighted by Gasteiger charge is -2.10. The van der Waals surface area contributed by atoms with Crippen molar-refractivity contribution in [2.45, 2.75) is 58.3 Å². The number of halogens is 1. The molecule has 3 aromatic carbocycles. The lowest BCUT2D eigenvalue weighted by atomic mass is 10.0. The molecule has 6 heteroatoms. The van der Waals surface area contributed by atoms with Gasteiger partial charge in [-0.05, 0) is 47.5 Å². The number of amides is 1. The van der Waals surface area contributed by atoms with Gasteiger partial charge in [0.25, 0.3) is 0 Å². The van der Waals surface area contributed by atoms with Gasteiger partial charge in [-0.2, -0.15) is 5.10 Å². The molecule has 0 aliphatic carbocycles. The van der Waals surface area contributed by atoms with Gasteiger partial charge in [0.1, 0.15) is 5.75 Å². The Morgan fingerprint density at radius 1 is 0.912 bits per heavy atom. The van der Waals surface area contributed by atoms with Crippen LogP contribution in [0.3, 0.4) is 0 Å². The molecule has 0 aliphatic heterocycles. The summed E-state index contributed by atoms with van der Waals surface area (Å²) < 4.78 is 5.67. The summed E-state index contributed by atoms with van der Waals surface area (Å²) in [6.45, 7) is 2.20. The van der Waals surface area contributed by atoms with Crippen molar-refractivity contribution in [3.05, 3.63) is 76.8 Å². The van der Waals surface area contributed by atoms with Gasteiger partial charge in [0, 0.05) is 17.0 Å². The van der Waals surface area contributed by atoms with E-state index in [0.717, 1.165) is 30.0 Å². The number of hydrazone groups is 1. The summed E-state index contributed by atoms with van der Waals surface area (Å²) >= 11 is 5.91. The van der Waals surface area contributed by atoms with E-state index >= 15 is 0 Å². The number of carbonyl (C=O) groups excluding carboxylic acids is 2. The van der Waals surface area contributed by atoms with E-state index in [-0.39, 0.29) is 5.91 Å². The zero-order valence-electron chi connectivity index (χ0n) is 19.6. The average molecular weight is 479 g/mol. The van der Waals surface area contributed by atoms with E-state index in [9.17, 15) is 9.59 Å². The Morgan fingerprint density at radius 2 is 1.62 bits per heavy atom. The van der Waals surface area contributed by atoms with Crippen LogP contribution in [-0.4, -0.2) is 18.1 Å². The molecule has 0 aliphatic rings. The van der Waals surface area contributed by atoms with Gasteiger partial charge in [-0.15, -0.1) is 0 Å². The van der Waals surface area contributed by atoms with Crippen molar-refractivity contribution in [1.29, 1.82) is 0 Å². The fraction of sp³-hybridized carbons (Fsp3) is 0.321. The van der Waals surface area contributed by atoms with Crippen molar-refractivity contribution in [2.75, 3.05) is 0 Å². The number of rotatable bonds is 12.